The zero-order valence-electron chi connectivity index (χ0n) is 26.2. The first-order chi connectivity index (χ1) is 19.6. The minimum atomic E-state index is -0.258. The lowest BCUT2D eigenvalue weighted by Gasteiger charge is -2.27. The van der Waals surface area contributed by atoms with Gasteiger partial charge in [0.25, 0.3) is 0 Å². The Labute approximate surface area is 246 Å². The zero-order chi connectivity index (χ0) is 29.1. The number of carbonyl (C=O) groups is 3. The summed E-state index contributed by atoms with van der Waals surface area (Å²) in [6, 6.07) is 0. The highest BCUT2D eigenvalue weighted by Gasteiger charge is 2.29. The van der Waals surface area contributed by atoms with Crippen LogP contribution in [0.4, 0.5) is 0 Å². The second kappa shape index (κ2) is 26.3. The van der Waals surface area contributed by atoms with Crippen molar-refractivity contribution in [3.8, 4) is 0 Å². The van der Waals surface area contributed by atoms with Gasteiger partial charge in [0, 0.05) is 26.1 Å². The van der Waals surface area contributed by atoms with Crippen molar-refractivity contribution >= 4 is 17.8 Å². The Morgan fingerprint density at radius 1 is 0.575 bits per heavy atom. The van der Waals surface area contributed by atoms with Crippen LogP contribution in [0.25, 0.3) is 0 Å². The Kier molecular flexibility index (Phi) is 23.9. The van der Waals surface area contributed by atoms with Crippen LogP contribution in [0, 0.1) is 0 Å². The molecule has 0 aromatic heterocycles. The number of amides is 1. The fourth-order valence-corrected chi connectivity index (χ4v) is 5.24. The lowest BCUT2D eigenvalue weighted by molar-refractivity contribution is -0.150. The van der Waals surface area contributed by atoms with Crippen molar-refractivity contribution in [1.82, 2.24) is 10.0 Å². The van der Waals surface area contributed by atoms with Crippen molar-refractivity contribution in [2.75, 3.05) is 32.8 Å². The Morgan fingerprint density at radius 3 is 1.38 bits per heavy atom. The highest BCUT2D eigenvalue weighted by molar-refractivity contribution is 5.78. The van der Waals surface area contributed by atoms with Crippen LogP contribution in [0.1, 0.15) is 162 Å². The van der Waals surface area contributed by atoms with E-state index in [2.05, 4.69) is 13.8 Å². The molecular formula is C33H62N2O5. The molecule has 0 spiro atoms. The molecule has 0 N–H and O–H groups in total. The number of nitrogens with zero attached hydrogens (tertiary/aromatic N) is 2. The number of hydrogen-bond acceptors (Lipinski definition) is 6. The van der Waals surface area contributed by atoms with Gasteiger partial charge in [0.1, 0.15) is 0 Å². The maximum atomic E-state index is 12.3. The van der Waals surface area contributed by atoms with Gasteiger partial charge in [-0.3, -0.25) is 19.4 Å². The molecule has 0 aromatic rings. The van der Waals surface area contributed by atoms with Crippen LogP contribution >= 0.6 is 0 Å². The Hall–Kier alpha value is -1.63. The third-order valence-electron chi connectivity index (χ3n) is 7.84. The highest BCUT2D eigenvalue weighted by atomic mass is 16.5. The third kappa shape index (κ3) is 20.3. The molecule has 234 valence electrons. The van der Waals surface area contributed by atoms with E-state index >= 15 is 0 Å². The molecule has 1 saturated heterocycles. The largest absolute Gasteiger partial charge is 0.466 e. The molecule has 1 aliphatic rings. The summed E-state index contributed by atoms with van der Waals surface area (Å²) in [5, 5.41) is 3.48. The molecule has 1 rings (SSSR count). The summed E-state index contributed by atoms with van der Waals surface area (Å²) < 4.78 is 10.8. The average Bonchev–Trinajstić information content (AvgIpc) is 3.31. The molecule has 0 radical (unpaired) electrons. The molecule has 1 amide bonds. The monoisotopic (exact) mass is 566 g/mol. The number of esters is 2. The summed E-state index contributed by atoms with van der Waals surface area (Å²) in [5.74, 6) is -0.473. The van der Waals surface area contributed by atoms with Crippen LogP contribution in [0.3, 0.4) is 0 Å². The van der Waals surface area contributed by atoms with Gasteiger partial charge in [0.15, 0.2) is 0 Å². The summed E-state index contributed by atoms with van der Waals surface area (Å²) in [5.41, 5.74) is 0. The minimum Gasteiger partial charge on any atom is -0.466 e. The molecule has 7 heteroatoms. The van der Waals surface area contributed by atoms with Crippen LogP contribution in [0.15, 0.2) is 0 Å². The Balaban J connectivity index is 2.02. The van der Waals surface area contributed by atoms with Gasteiger partial charge < -0.3 is 9.47 Å². The molecule has 0 bridgehead atoms. The van der Waals surface area contributed by atoms with E-state index in [1.165, 1.54) is 103 Å². The molecule has 0 atom stereocenters. The third-order valence-corrected chi connectivity index (χ3v) is 7.84. The lowest BCUT2D eigenvalue weighted by Crippen LogP contribution is -2.41. The van der Waals surface area contributed by atoms with Gasteiger partial charge in [-0.05, 0) is 12.8 Å². The average molecular weight is 567 g/mol. The minimum absolute atomic E-state index is 0.00113. The van der Waals surface area contributed by atoms with Crippen LogP contribution in [0.5, 0.6) is 0 Å². The van der Waals surface area contributed by atoms with Crippen molar-refractivity contribution in [3.05, 3.63) is 0 Å². The van der Waals surface area contributed by atoms with Gasteiger partial charge in [-0.25, -0.2) is 5.01 Å². The number of hydrogen-bond donors (Lipinski definition) is 0. The maximum absolute atomic E-state index is 12.3. The fourth-order valence-electron chi connectivity index (χ4n) is 5.24. The molecule has 0 aliphatic carbocycles. The standard InChI is InChI=1S/C33H62N2O5/c1-3-5-7-9-11-13-15-17-19-21-29-39-32(37)24-27-34-26-23-31(36)35(34)28-25-33(38)40-30-22-20-18-16-14-12-10-8-6-4-2/h3-30H2,1-2H3. The molecule has 0 unspecified atom stereocenters. The van der Waals surface area contributed by atoms with E-state index < -0.39 is 0 Å². The summed E-state index contributed by atoms with van der Waals surface area (Å²) in [7, 11) is 0. The maximum Gasteiger partial charge on any atom is 0.307 e. The van der Waals surface area contributed by atoms with Crippen LogP contribution < -0.4 is 0 Å². The number of carbonyl (C=O) groups excluding carboxylic acids is 3. The van der Waals surface area contributed by atoms with Crippen LogP contribution in [-0.2, 0) is 23.9 Å². The second-order valence-corrected chi connectivity index (χ2v) is 11.5. The molecule has 1 fully saturated rings. The van der Waals surface area contributed by atoms with Crippen molar-refractivity contribution in [3.63, 3.8) is 0 Å². The number of hydrazine groups is 1. The van der Waals surface area contributed by atoms with Gasteiger partial charge in [-0.2, -0.15) is 0 Å². The first-order valence-electron chi connectivity index (χ1n) is 16.9. The van der Waals surface area contributed by atoms with E-state index in [4.69, 9.17) is 9.47 Å². The predicted molar refractivity (Wildman–Crippen MR) is 163 cm³/mol. The highest BCUT2D eigenvalue weighted by Crippen LogP contribution is 2.15. The first-order valence-corrected chi connectivity index (χ1v) is 16.9. The van der Waals surface area contributed by atoms with Crippen molar-refractivity contribution < 1.29 is 23.9 Å². The molecular weight excluding hydrogens is 504 g/mol. The first kappa shape index (κ1) is 36.4. The smallest absolute Gasteiger partial charge is 0.307 e. The van der Waals surface area contributed by atoms with E-state index in [1.807, 2.05) is 5.01 Å². The summed E-state index contributed by atoms with van der Waals surface area (Å²) in [6.07, 6.45) is 25.8. The molecule has 1 aliphatic heterocycles. The summed E-state index contributed by atoms with van der Waals surface area (Å²) in [6.45, 7) is 6.75. The number of unbranched alkanes of at least 4 members (excludes halogenated alkanes) is 18. The van der Waals surface area contributed by atoms with Gasteiger partial charge >= 0.3 is 11.9 Å². The van der Waals surface area contributed by atoms with Gasteiger partial charge in [-0.15, -0.1) is 0 Å². The quantitative estimate of drug-likeness (QED) is 0.0703. The topological polar surface area (TPSA) is 76.2 Å². The molecule has 40 heavy (non-hydrogen) atoms. The van der Waals surface area contributed by atoms with Gasteiger partial charge in [0.05, 0.1) is 26.1 Å². The van der Waals surface area contributed by atoms with Crippen LogP contribution in [0.2, 0.25) is 0 Å². The zero-order valence-corrected chi connectivity index (χ0v) is 26.2. The Bertz CT molecular complexity index is 642. The van der Waals surface area contributed by atoms with E-state index in [0.29, 0.717) is 39.3 Å². The van der Waals surface area contributed by atoms with E-state index in [9.17, 15) is 14.4 Å². The van der Waals surface area contributed by atoms with Crippen molar-refractivity contribution in [1.29, 1.82) is 0 Å². The second-order valence-electron chi connectivity index (χ2n) is 11.5. The molecule has 7 nitrogen and oxygen atoms in total. The predicted octanol–water partition coefficient (Wildman–Crippen LogP) is 8.14. The summed E-state index contributed by atoms with van der Waals surface area (Å²) >= 11 is 0. The SMILES string of the molecule is CCCCCCCCCCCCOC(=O)CCN1CCC(=O)N1CCC(=O)OCCCCCCCCCCCC. The van der Waals surface area contributed by atoms with Gasteiger partial charge in [0.2, 0.25) is 5.91 Å². The number of rotatable bonds is 28. The van der Waals surface area contributed by atoms with Gasteiger partial charge in [-0.1, -0.05) is 129 Å². The molecule has 0 saturated carbocycles. The molecule has 0 aromatic carbocycles. The lowest BCUT2D eigenvalue weighted by atomic mass is 10.1. The number of ether oxygens (including phenoxy) is 2. The van der Waals surface area contributed by atoms with Crippen LogP contribution in [-0.4, -0.2) is 60.7 Å². The van der Waals surface area contributed by atoms with E-state index in [-0.39, 0.29) is 30.7 Å². The fraction of sp³-hybridized carbons (Fsp3) is 0.909. The van der Waals surface area contributed by atoms with E-state index in [0.717, 1.165) is 25.7 Å². The Morgan fingerprint density at radius 2 is 0.950 bits per heavy atom. The normalized spacial score (nSPS) is 13.8. The van der Waals surface area contributed by atoms with Crippen molar-refractivity contribution in [2.45, 2.75) is 162 Å². The summed E-state index contributed by atoms with van der Waals surface area (Å²) in [4.78, 5) is 36.6. The van der Waals surface area contributed by atoms with E-state index in [1.54, 1.807) is 5.01 Å². The molecule has 1 heterocycles. The van der Waals surface area contributed by atoms with Crippen molar-refractivity contribution in [2.24, 2.45) is 0 Å².